The molecule has 1 heterocycles. The van der Waals surface area contributed by atoms with Crippen LogP contribution in [-0.4, -0.2) is 57.9 Å². The highest BCUT2D eigenvalue weighted by Crippen LogP contribution is 2.30. The smallest absolute Gasteiger partial charge is 0.325 e. The van der Waals surface area contributed by atoms with Crippen molar-refractivity contribution < 1.29 is 27.5 Å². The molecule has 1 saturated heterocycles. The number of hydrogen-bond acceptors (Lipinski definition) is 6. The Morgan fingerprint density at radius 3 is 2.39 bits per heavy atom. The molecule has 0 spiro atoms. The van der Waals surface area contributed by atoms with Crippen LogP contribution >= 0.6 is 0 Å². The Kier molecular flexibility index (Phi) is 6.44. The van der Waals surface area contributed by atoms with E-state index in [4.69, 9.17) is 4.74 Å². The van der Waals surface area contributed by atoms with E-state index < -0.39 is 21.8 Å². The van der Waals surface area contributed by atoms with Crippen molar-refractivity contribution in [3.63, 3.8) is 0 Å². The lowest BCUT2D eigenvalue weighted by Gasteiger charge is -2.20. The molecular weight excluding hydrogens is 424 g/mol. The summed E-state index contributed by atoms with van der Waals surface area (Å²) in [6.45, 7) is 1.73. The zero-order valence-corrected chi connectivity index (χ0v) is 17.8. The third kappa shape index (κ3) is 5.12. The molecule has 0 saturated carbocycles. The van der Waals surface area contributed by atoms with Crippen molar-refractivity contribution in [2.75, 3.05) is 37.0 Å². The molecule has 2 aromatic carbocycles. The topological polar surface area (TPSA) is 125 Å². The van der Waals surface area contributed by atoms with E-state index in [-0.39, 0.29) is 17.5 Å². The summed E-state index contributed by atoms with van der Waals surface area (Å²) in [5, 5.41) is 2.63. The minimum atomic E-state index is -3.95. The lowest BCUT2D eigenvalue weighted by atomic mass is 10.2. The molecule has 0 atom stereocenters. The number of sulfonamides is 1. The van der Waals surface area contributed by atoms with Gasteiger partial charge in [0.25, 0.3) is 10.0 Å². The molecule has 2 aromatic rings. The van der Waals surface area contributed by atoms with Crippen LogP contribution in [0.1, 0.15) is 6.92 Å². The number of ether oxygens (including phenoxy) is 1. The lowest BCUT2D eigenvalue weighted by Crippen LogP contribution is -2.37. The van der Waals surface area contributed by atoms with E-state index in [0.29, 0.717) is 30.2 Å². The summed E-state index contributed by atoms with van der Waals surface area (Å²) in [6.07, 6.45) is 0. The summed E-state index contributed by atoms with van der Waals surface area (Å²) in [5.41, 5.74) is 0.994. The molecule has 2 N–H and O–H groups in total. The fraction of sp³-hybridized carbons (Fsp3) is 0.250. The van der Waals surface area contributed by atoms with Crippen LogP contribution in [0.25, 0.3) is 0 Å². The van der Waals surface area contributed by atoms with Crippen LogP contribution in [0.2, 0.25) is 0 Å². The van der Waals surface area contributed by atoms with Gasteiger partial charge >= 0.3 is 6.03 Å². The lowest BCUT2D eigenvalue weighted by molar-refractivity contribution is -0.117. The van der Waals surface area contributed by atoms with E-state index in [1.807, 2.05) is 4.72 Å². The molecule has 0 aromatic heterocycles. The summed E-state index contributed by atoms with van der Waals surface area (Å²) < 4.78 is 31.1. The molecule has 31 heavy (non-hydrogen) atoms. The molecule has 164 valence electrons. The summed E-state index contributed by atoms with van der Waals surface area (Å²) >= 11 is 0. The number of hydrogen-bond donors (Lipinski definition) is 2. The maximum Gasteiger partial charge on any atom is 0.325 e. The Balaban J connectivity index is 1.61. The Morgan fingerprint density at radius 2 is 1.74 bits per heavy atom. The van der Waals surface area contributed by atoms with Crippen LogP contribution in [0, 0.1) is 0 Å². The van der Waals surface area contributed by atoms with Gasteiger partial charge in [-0.25, -0.2) is 17.9 Å². The van der Waals surface area contributed by atoms with E-state index in [2.05, 4.69) is 5.32 Å². The van der Waals surface area contributed by atoms with E-state index in [0.717, 1.165) is 6.92 Å². The summed E-state index contributed by atoms with van der Waals surface area (Å²) in [5.74, 6) is -0.557. The number of benzene rings is 2. The second kappa shape index (κ2) is 9.04. The van der Waals surface area contributed by atoms with Gasteiger partial charge in [-0.1, -0.05) is 12.1 Å². The Morgan fingerprint density at radius 1 is 1.06 bits per heavy atom. The van der Waals surface area contributed by atoms with Crippen molar-refractivity contribution >= 4 is 39.2 Å². The van der Waals surface area contributed by atoms with Gasteiger partial charge in [-0.2, -0.15) is 0 Å². The van der Waals surface area contributed by atoms with Gasteiger partial charge in [-0.3, -0.25) is 14.5 Å². The molecule has 0 unspecified atom stereocenters. The summed E-state index contributed by atoms with van der Waals surface area (Å²) in [7, 11) is -2.42. The number of nitrogens with zero attached hydrogens (tertiary/aromatic N) is 2. The van der Waals surface area contributed by atoms with Gasteiger partial charge in [0.1, 0.15) is 12.3 Å². The molecule has 0 bridgehead atoms. The molecule has 4 amide bonds. The Bertz CT molecular complexity index is 1100. The number of nitrogens with one attached hydrogen (secondary N) is 2. The molecule has 0 aliphatic carbocycles. The van der Waals surface area contributed by atoms with Crippen molar-refractivity contribution in [2.45, 2.75) is 11.8 Å². The van der Waals surface area contributed by atoms with Gasteiger partial charge in [-0.15, -0.1) is 0 Å². The Hall–Kier alpha value is -3.60. The van der Waals surface area contributed by atoms with Crippen LogP contribution < -0.4 is 19.7 Å². The number of urea groups is 1. The number of methoxy groups -OCH3 is 1. The maximum absolute atomic E-state index is 12.7. The van der Waals surface area contributed by atoms with Crippen LogP contribution in [0.4, 0.5) is 16.2 Å². The van der Waals surface area contributed by atoms with Gasteiger partial charge < -0.3 is 15.0 Å². The van der Waals surface area contributed by atoms with E-state index >= 15 is 0 Å². The fourth-order valence-electron chi connectivity index (χ4n) is 3.15. The fourth-order valence-corrected chi connectivity index (χ4v) is 4.14. The summed E-state index contributed by atoms with van der Waals surface area (Å²) in [4.78, 5) is 39.0. The molecule has 10 nitrogen and oxygen atoms in total. The number of anilines is 2. The van der Waals surface area contributed by atoms with Crippen molar-refractivity contribution in [1.82, 2.24) is 9.62 Å². The van der Waals surface area contributed by atoms with E-state index in [1.165, 1.54) is 36.3 Å². The number of rotatable bonds is 7. The SMILES string of the molecule is COc1ccccc1N1CCN(CC(=O)Nc2ccc(S(=O)(=O)NC(C)=O)cc2)C1=O. The standard InChI is InChI=1S/C20H22N4O6S/c1-14(25)22-31(28,29)16-9-7-15(8-10-16)21-19(26)13-23-11-12-24(20(23)27)17-5-3-4-6-18(17)30-2/h3-10H,11-13H2,1-2H3,(H,21,26)(H,22,25). The van der Waals surface area contributed by atoms with E-state index in [1.54, 1.807) is 29.2 Å². The first-order valence-electron chi connectivity index (χ1n) is 9.34. The predicted molar refractivity (Wildman–Crippen MR) is 113 cm³/mol. The molecule has 1 fully saturated rings. The van der Waals surface area contributed by atoms with Gasteiger partial charge in [-0.05, 0) is 36.4 Å². The third-order valence-electron chi connectivity index (χ3n) is 4.53. The minimum Gasteiger partial charge on any atom is -0.495 e. The molecule has 0 radical (unpaired) electrons. The molecular formula is C20H22N4O6S. The molecule has 3 rings (SSSR count). The average molecular weight is 446 g/mol. The van der Waals surface area contributed by atoms with Crippen molar-refractivity contribution in [1.29, 1.82) is 0 Å². The van der Waals surface area contributed by atoms with Gasteiger partial charge in [0.05, 0.1) is 17.7 Å². The maximum atomic E-state index is 12.7. The Labute approximate surface area is 179 Å². The highest BCUT2D eigenvalue weighted by molar-refractivity contribution is 7.90. The quantitative estimate of drug-likeness (QED) is 0.662. The van der Waals surface area contributed by atoms with Gasteiger partial charge in [0.15, 0.2) is 0 Å². The monoisotopic (exact) mass is 446 g/mol. The zero-order chi connectivity index (χ0) is 22.6. The van der Waals surface area contributed by atoms with Crippen molar-refractivity contribution in [2.24, 2.45) is 0 Å². The van der Waals surface area contributed by atoms with Gasteiger partial charge in [0, 0.05) is 25.7 Å². The van der Waals surface area contributed by atoms with Crippen LogP contribution in [0.15, 0.2) is 53.4 Å². The average Bonchev–Trinajstić information content (AvgIpc) is 3.07. The normalized spacial score (nSPS) is 13.8. The first kappa shape index (κ1) is 22.1. The minimum absolute atomic E-state index is 0.108. The van der Waals surface area contributed by atoms with Crippen LogP contribution in [0.5, 0.6) is 5.75 Å². The first-order chi connectivity index (χ1) is 14.7. The van der Waals surface area contributed by atoms with Crippen molar-refractivity contribution in [3.8, 4) is 5.75 Å². The van der Waals surface area contributed by atoms with Crippen molar-refractivity contribution in [3.05, 3.63) is 48.5 Å². The highest BCUT2D eigenvalue weighted by Gasteiger charge is 2.32. The van der Waals surface area contributed by atoms with E-state index in [9.17, 15) is 22.8 Å². The second-order valence-electron chi connectivity index (χ2n) is 6.76. The van der Waals surface area contributed by atoms with Gasteiger partial charge in [0.2, 0.25) is 11.8 Å². The number of amides is 4. The summed E-state index contributed by atoms with van der Waals surface area (Å²) in [6, 6.07) is 12.2. The molecule has 11 heteroatoms. The zero-order valence-electron chi connectivity index (χ0n) is 17.0. The number of para-hydroxylation sites is 2. The highest BCUT2D eigenvalue weighted by atomic mass is 32.2. The first-order valence-corrected chi connectivity index (χ1v) is 10.8. The molecule has 1 aliphatic rings. The predicted octanol–water partition coefficient (Wildman–Crippen LogP) is 1.40. The number of carbonyl (C=O) groups is 3. The third-order valence-corrected chi connectivity index (χ3v) is 5.98. The second-order valence-corrected chi connectivity index (χ2v) is 8.44. The van der Waals surface area contributed by atoms with Crippen LogP contribution in [0.3, 0.4) is 0 Å². The molecule has 1 aliphatic heterocycles. The van der Waals surface area contributed by atoms with Crippen LogP contribution in [-0.2, 0) is 19.6 Å². The largest absolute Gasteiger partial charge is 0.495 e. The number of carbonyl (C=O) groups excluding carboxylic acids is 3.